The molecule has 0 bridgehead atoms. The largest absolute Gasteiger partial charge is 0.494 e. The van der Waals surface area contributed by atoms with Crippen LogP contribution in [0, 0.1) is 0 Å². The van der Waals surface area contributed by atoms with Crippen molar-refractivity contribution >= 4 is 22.6 Å². The second-order valence-electron chi connectivity index (χ2n) is 8.93. The third-order valence-corrected chi connectivity index (χ3v) is 6.06. The van der Waals surface area contributed by atoms with Crippen molar-refractivity contribution in [3.8, 4) is 5.75 Å². The van der Waals surface area contributed by atoms with Gasteiger partial charge in [0.1, 0.15) is 5.75 Å². The number of unbranched alkanes of at least 4 members (excludes halogenated alkanes) is 10. The first kappa shape index (κ1) is 26.8. The van der Waals surface area contributed by atoms with Crippen LogP contribution in [0.2, 0.25) is 0 Å². The molecule has 0 saturated heterocycles. The molecule has 0 fully saturated rings. The van der Waals surface area contributed by atoms with Gasteiger partial charge in [-0.2, -0.15) is 0 Å². The number of hydrogen-bond acceptors (Lipinski definition) is 4. The highest BCUT2D eigenvalue weighted by Crippen LogP contribution is 2.23. The highest BCUT2D eigenvalue weighted by atomic mass is 16.5. The van der Waals surface area contributed by atoms with E-state index in [1.165, 1.54) is 44.9 Å². The first-order chi connectivity index (χ1) is 16.1. The molecule has 5 heteroatoms. The quantitative estimate of drug-likeness (QED) is 0.126. The lowest BCUT2D eigenvalue weighted by molar-refractivity contribution is -0.129. The van der Waals surface area contributed by atoms with Crippen molar-refractivity contribution in [3.05, 3.63) is 42.0 Å². The molecule has 2 aromatic carbocycles. The molecule has 0 radical (unpaired) electrons. The van der Waals surface area contributed by atoms with E-state index in [1.54, 1.807) is 12.1 Å². The van der Waals surface area contributed by atoms with E-state index in [4.69, 9.17) is 10.6 Å². The summed E-state index contributed by atoms with van der Waals surface area (Å²) in [6.45, 7) is 5.09. The number of carbonyl (C=O) groups is 2. The molecular formula is C28H42N2O3. The Hall–Kier alpha value is -2.40. The molecule has 5 nitrogen and oxygen atoms in total. The fourth-order valence-electron chi connectivity index (χ4n) is 3.95. The van der Waals surface area contributed by atoms with Gasteiger partial charge in [-0.3, -0.25) is 9.59 Å². The third-order valence-electron chi connectivity index (χ3n) is 6.06. The molecule has 0 unspecified atom stereocenters. The van der Waals surface area contributed by atoms with Crippen LogP contribution in [0.1, 0.15) is 108 Å². The first-order valence-corrected chi connectivity index (χ1v) is 12.9. The summed E-state index contributed by atoms with van der Waals surface area (Å²) in [6, 6.07) is 11.3. The summed E-state index contributed by atoms with van der Waals surface area (Å²) in [4.78, 5) is 24.9. The normalized spacial score (nSPS) is 11.0. The predicted molar refractivity (Wildman–Crippen MR) is 136 cm³/mol. The van der Waals surface area contributed by atoms with Crippen LogP contribution >= 0.6 is 0 Å². The Kier molecular flexibility index (Phi) is 12.6. The van der Waals surface area contributed by atoms with E-state index in [9.17, 15) is 9.59 Å². The number of benzene rings is 2. The highest BCUT2D eigenvalue weighted by molar-refractivity contribution is 6.06. The zero-order valence-electron chi connectivity index (χ0n) is 20.6. The number of hydrogen-bond donors (Lipinski definition) is 1. The van der Waals surface area contributed by atoms with Crippen LogP contribution < -0.4 is 10.6 Å². The van der Waals surface area contributed by atoms with E-state index in [0.29, 0.717) is 12.0 Å². The van der Waals surface area contributed by atoms with Crippen LogP contribution in [0.15, 0.2) is 36.4 Å². The summed E-state index contributed by atoms with van der Waals surface area (Å²) in [5, 5.41) is 2.67. The second-order valence-corrected chi connectivity index (χ2v) is 8.93. The molecule has 2 rings (SSSR count). The topological polar surface area (TPSA) is 72.6 Å². The van der Waals surface area contributed by atoms with Gasteiger partial charge in [0.05, 0.1) is 6.61 Å². The lowest BCUT2D eigenvalue weighted by Crippen LogP contribution is -2.42. The maximum Gasteiger partial charge on any atom is 0.274 e. The van der Waals surface area contributed by atoms with Gasteiger partial charge in [0.2, 0.25) is 5.91 Å². The minimum atomic E-state index is -0.465. The fraction of sp³-hybridized carbons (Fsp3) is 0.571. The molecule has 2 amide bonds. The van der Waals surface area contributed by atoms with E-state index < -0.39 is 5.91 Å². The Balaban J connectivity index is 1.81. The maximum absolute atomic E-state index is 12.6. The van der Waals surface area contributed by atoms with Gasteiger partial charge in [0.15, 0.2) is 0 Å². The number of carbonyl (C=O) groups excluding carboxylic acids is 2. The molecular weight excluding hydrogens is 412 g/mol. The van der Waals surface area contributed by atoms with Crippen molar-refractivity contribution in [1.29, 1.82) is 0 Å². The van der Waals surface area contributed by atoms with Crippen LogP contribution in [0.25, 0.3) is 10.8 Å². The Bertz CT molecular complexity index is 865. The molecule has 0 aromatic heterocycles. The molecule has 2 aromatic rings. The number of amides is 2. The summed E-state index contributed by atoms with van der Waals surface area (Å²) in [6.07, 6.45) is 14.4. The van der Waals surface area contributed by atoms with Crippen molar-refractivity contribution in [2.45, 2.75) is 97.3 Å². The van der Waals surface area contributed by atoms with Gasteiger partial charge >= 0.3 is 0 Å². The highest BCUT2D eigenvalue weighted by Gasteiger charge is 2.19. The number of ether oxygens (including phenoxy) is 1. The van der Waals surface area contributed by atoms with Crippen molar-refractivity contribution < 1.29 is 14.3 Å². The molecule has 0 aliphatic carbocycles. The van der Waals surface area contributed by atoms with Crippen molar-refractivity contribution in [2.75, 3.05) is 6.61 Å². The Labute approximate surface area is 199 Å². The standard InChI is InChI=1S/C28H42N2O3/c1-3-5-7-9-10-11-12-14-20-33-26-19-18-23-21-25(17-16-24(23)22-26)28(32)30(29)27(31)15-13-8-6-4-2/h16-19,21-22H,3-15,20,29H2,1-2H3. The number of nitrogens with zero attached hydrogens (tertiary/aromatic N) is 1. The average molecular weight is 455 g/mol. The van der Waals surface area contributed by atoms with Gasteiger partial charge in [-0.25, -0.2) is 10.9 Å². The molecule has 0 saturated carbocycles. The van der Waals surface area contributed by atoms with E-state index in [0.717, 1.165) is 60.2 Å². The summed E-state index contributed by atoms with van der Waals surface area (Å²) in [5.74, 6) is 5.85. The van der Waals surface area contributed by atoms with Crippen LogP contribution in [0.5, 0.6) is 5.75 Å². The van der Waals surface area contributed by atoms with E-state index in [2.05, 4.69) is 13.8 Å². The molecule has 2 N–H and O–H groups in total. The van der Waals surface area contributed by atoms with Crippen LogP contribution in [0.3, 0.4) is 0 Å². The summed E-state index contributed by atoms with van der Waals surface area (Å²) < 4.78 is 5.92. The summed E-state index contributed by atoms with van der Waals surface area (Å²) in [7, 11) is 0. The van der Waals surface area contributed by atoms with Crippen LogP contribution in [0.4, 0.5) is 0 Å². The maximum atomic E-state index is 12.6. The molecule has 0 aliphatic rings. The first-order valence-electron chi connectivity index (χ1n) is 12.9. The number of nitrogens with two attached hydrogens (primary N) is 1. The van der Waals surface area contributed by atoms with E-state index in [1.807, 2.05) is 24.3 Å². The van der Waals surface area contributed by atoms with Gasteiger partial charge < -0.3 is 4.74 Å². The number of hydrazine groups is 1. The van der Waals surface area contributed by atoms with Gasteiger partial charge in [-0.15, -0.1) is 0 Å². The Morgan fingerprint density at radius 2 is 1.33 bits per heavy atom. The van der Waals surface area contributed by atoms with Gasteiger partial charge in [0, 0.05) is 12.0 Å². The molecule has 33 heavy (non-hydrogen) atoms. The smallest absolute Gasteiger partial charge is 0.274 e. The van der Waals surface area contributed by atoms with Gasteiger partial charge in [-0.05, 0) is 47.9 Å². The zero-order chi connectivity index (χ0) is 23.9. The number of imide groups is 1. The lowest BCUT2D eigenvalue weighted by atomic mass is 10.1. The molecule has 0 aliphatic heterocycles. The summed E-state index contributed by atoms with van der Waals surface area (Å²) in [5.41, 5.74) is 0.416. The molecule has 0 heterocycles. The molecule has 0 atom stereocenters. The van der Waals surface area contributed by atoms with Crippen LogP contribution in [-0.2, 0) is 4.79 Å². The Morgan fingerprint density at radius 3 is 2.03 bits per heavy atom. The van der Waals surface area contributed by atoms with Crippen LogP contribution in [-0.4, -0.2) is 23.4 Å². The molecule has 0 spiro atoms. The molecule has 182 valence electrons. The van der Waals surface area contributed by atoms with E-state index >= 15 is 0 Å². The average Bonchev–Trinajstić information content (AvgIpc) is 2.84. The fourth-order valence-corrected chi connectivity index (χ4v) is 3.95. The lowest BCUT2D eigenvalue weighted by Gasteiger charge is -2.15. The van der Waals surface area contributed by atoms with Crippen molar-refractivity contribution in [2.24, 2.45) is 5.84 Å². The predicted octanol–water partition coefficient (Wildman–Crippen LogP) is 7.17. The minimum absolute atomic E-state index is 0.301. The SMILES string of the molecule is CCCCCCCCCCOc1ccc2cc(C(=O)N(N)C(=O)CCCCCC)ccc2c1. The zero-order valence-corrected chi connectivity index (χ0v) is 20.6. The van der Waals surface area contributed by atoms with Crippen molar-refractivity contribution in [1.82, 2.24) is 5.01 Å². The number of rotatable bonds is 16. The van der Waals surface area contributed by atoms with Gasteiger partial charge in [0.25, 0.3) is 5.91 Å². The van der Waals surface area contributed by atoms with Crippen molar-refractivity contribution in [3.63, 3.8) is 0 Å². The Morgan fingerprint density at radius 1 is 0.758 bits per heavy atom. The van der Waals surface area contributed by atoms with E-state index in [-0.39, 0.29) is 5.91 Å². The number of fused-ring (bicyclic) bond motifs is 1. The summed E-state index contributed by atoms with van der Waals surface area (Å²) >= 11 is 0. The minimum Gasteiger partial charge on any atom is -0.494 e. The van der Waals surface area contributed by atoms with Gasteiger partial charge in [-0.1, -0.05) is 90.2 Å². The monoisotopic (exact) mass is 454 g/mol. The second kappa shape index (κ2) is 15.4. The third kappa shape index (κ3) is 9.55.